The first-order chi connectivity index (χ1) is 17.9. The van der Waals surface area contributed by atoms with E-state index in [1.807, 2.05) is 12.1 Å². The van der Waals surface area contributed by atoms with Crippen molar-refractivity contribution in [2.75, 3.05) is 35.0 Å². The fourth-order valence-corrected chi connectivity index (χ4v) is 3.36. The van der Waals surface area contributed by atoms with Crippen molar-refractivity contribution in [3.05, 3.63) is 70.2 Å². The van der Waals surface area contributed by atoms with Gasteiger partial charge in [-0.15, -0.1) is 0 Å². The lowest BCUT2D eigenvalue weighted by atomic mass is 10.1. The first kappa shape index (κ1) is 27.3. The zero-order chi connectivity index (χ0) is 26.8. The predicted octanol–water partition coefficient (Wildman–Crippen LogP) is 4.23. The van der Waals surface area contributed by atoms with Gasteiger partial charge in [0.1, 0.15) is 5.75 Å². The topological polar surface area (TPSA) is 114 Å². The highest BCUT2D eigenvalue weighted by Crippen LogP contribution is 2.38. The second kappa shape index (κ2) is 13.2. The maximum absolute atomic E-state index is 12.8. The van der Waals surface area contributed by atoms with Crippen LogP contribution in [0.1, 0.15) is 15.9 Å². The number of carbonyl (C=O) groups is 2. The minimum atomic E-state index is -0.656. The Bertz CT molecular complexity index is 1250. The third-order valence-corrected chi connectivity index (χ3v) is 5.41. The number of benzene rings is 3. The molecule has 3 aromatic carbocycles. The van der Waals surface area contributed by atoms with Gasteiger partial charge in [0.05, 0.1) is 40.2 Å². The third-order valence-electron chi connectivity index (χ3n) is 4.88. The first-order valence-electron chi connectivity index (χ1n) is 10.8. The number of nitrogens with zero attached hydrogens (tertiary/aromatic N) is 1. The Morgan fingerprint density at radius 2 is 1.49 bits per heavy atom. The summed E-state index contributed by atoms with van der Waals surface area (Å²) < 4.78 is 33.0. The minimum Gasteiger partial charge on any atom is -0.493 e. The standard InChI is InChI=1S/C26H25BrN2O8/c1-32-21-11-16(14-28-29-24(30)15-36-19-8-6-18(27)7-9-19)5-10-20(21)37-26(31)17-12-22(33-2)25(35-4)23(13-17)34-3/h5-14H,15H2,1-4H3,(H,29,30). The predicted molar refractivity (Wildman–Crippen MR) is 139 cm³/mol. The van der Waals surface area contributed by atoms with Gasteiger partial charge in [-0.1, -0.05) is 15.9 Å². The average Bonchev–Trinajstić information content (AvgIpc) is 2.92. The summed E-state index contributed by atoms with van der Waals surface area (Å²) >= 11 is 3.33. The second-order valence-electron chi connectivity index (χ2n) is 7.25. The summed E-state index contributed by atoms with van der Waals surface area (Å²) in [7, 11) is 5.81. The molecule has 0 heterocycles. The zero-order valence-electron chi connectivity index (χ0n) is 20.6. The smallest absolute Gasteiger partial charge is 0.343 e. The molecule has 0 aliphatic rings. The van der Waals surface area contributed by atoms with Crippen LogP contribution in [0.15, 0.2) is 64.2 Å². The van der Waals surface area contributed by atoms with Crippen molar-refractivity contribution in [3.8, 4) is 34.5 Å². The number of hydrogen-bond donors (Lipinski definition) is 1. The zero-order valence-corrected chi connectivity index (χ0v) is 22.2. The third kappa shape index (κ3) is 7.37. The Balaban J connectivity index is 1.64. The Labute approximate surface area is 222 Å². The molecule has 0 bridgehead atoms. The summed E-state index contributed by atoms with van der Waals surface area (Å²) in [5.74, 6) is 0.936. The fraction of sp³-hybridized carbons (Fsp3) is 0.192. The fourth-order valence-electron chi connectivity index (χ4n) is 3.10. The molecule has 11 heteroatoms. The van der Waals surface area contributed by atoms with Crippen LogP contribution >= 0.6 is 15.9 Å². The molecule has 0 unspecified atom stereocenters. The van der Waals surface area contributed by atoms with Crippen LogP contribution in [0.5, 0.6) is 34.5 Å². The molecule has 0 saturated carbocycles. The van der Waals surface area contributed by atoms with Crippen LogP contribution < -0.4 is 33.8 Å². The number of hydrazone groups is 1. The SMILES string of the molecule is COc1cc(C=NNC(=O)COc2ccc(Br)cc2)ccc1OC(=O)c1cc(OC)c(OC)c(OC)c1. The van der Waals surface area contributed by atoms with Crippen molar-refractivity contribution in [2.45, 2.75) is 0 Å². The molecule has 37 heavy (non-hydrogen) atoms. The molecule has 1 amide bonds. The Kier molecular flexibility index (Phi) is 9.73. The summed E-state index contributed by atoms with van der Waals surface area (Å²) in [6.45, 7) is -0.196. The number of ether oxygens (including phenoxy) is 6. The maximum Gasteiger partial charge on any atom is 0.343 e. The number of carbonyl (C=O) groups excluding carboxylic acids is 2. The molecule has 3 rings (SSSR count). The Morgan fingerprint density at radius 3 is 2.08 bits per heavy atom. The van der Waals surface area contributed by atoms with E-state index in [0.717, 1.165) is 4.47 Å². The van der Waals surface area contributed by atoms with Gasteiger partial charge in [-0.25, -0.2) is 10.2 Å². The van der Waals surface area contributed by atoms with Crippen LogP contribution in [0.25, 0.3) is 0 Å². The number of halogens is 1. The van der Waals surface area contributed by atoms with E-state index in [2.05, 4.69) is 26.5 Å². The molecule has 0 radical (unpaired) electrons. The second-order valence-corrected chi connectivity index (χ2v) is 8.17. The molecule has 0 fully saturated rings. The molecule has 10 nitrogen and oxygen atoms in total. The lowest BCUT2D eigenvalue weighted by Gasteiger charge is -2.14. The largest absolute Gasteiger partial charge is 0.493 e. The highest BCUT2D eigenvalue weighted by molar-refractivity contribution is 9.10. The molecular weight excluding hydrogens is 548 g/mol. The molecular formula is C26H25BrN2O8. The van der Waals surface area contributed by atoms with Gasteiger partial charge in [-0.3, -0.25) is 4.79 Å². The highest BCUT2D eigenvalue weighted by atomic mass is 79.9. The number of amides is 1. The van der Waals surface area contributed by atoms with Gasteiger partial charge in [0.15, 0.2) is 29.6 Å². The van der Waals surface area contributed by atoms with Gasteiger partial charge in [0.2, 0.25) is 5.75 Å². The van der Waals surface area contributed by atoms with E-state index in [1.165, 1.54) is 46.8 Å². The van der Waals surface area contributed by atoms with Crippen molar-refractivity contribution < 1.29 is 38.0 Å². The molecule has 194 valence electrons. The van der Waals surface area contributed by atoms with Crippen LogP contribution in [0, 0.1) is 0 Å². The Hall–Kier alpha value is -4.25. The van der Waals surface area contributed by atoms with Gasteiger partial charge in [0.25, 0.3) is 5.91 Å². The Morgan fingerprint density at radius 1 is 0.838 bits per heavy atom. The summed E-state index contributed by atoms with van der Waals surface area (Å²) in [5.41, 5.74) is 3.17. The normalized spacial score (nSPS) is 10.5. The van der Waals surface area contributed by atoms with Gasteiger partial charge in [-0.2, -0.15) is 5.10 Å². The van der Waals surface area contributed by atoms with Crippen LogP contribution in [-0.4, -0.2) is 53.1 Å². The van der Waals surface area contributed by atoms with E-state index in [-0.39, 0.29) is 23.7 Å². The molecule has 0 aliphatic carbocycles. The van der Waals surface area contributed by atoms with Gasteiger partial charge in [-0.05, 0) is 60.2 Å². The molecule has 0 spiro atoms. The van der Waals surface area contributed by atoms with Crippen LogP contribution in [0.3, 0.4) is 0 Å². The molecule has 0 aromatic heterocycles. The number of rotatable bonds is 11. The van der Waals surface area contributed by atoms with Gasteiger partial charge < -0.3 is 28.4 Å². The number of esters is 1. The van der Waals surface area contributed by atoms with Crippen molar-refractivity contribution in [1.29, 1.82) is 0 Å². The van der Waals surface area contributed by atoms with Crippen LogP contribution in [0.4, 0.5) is 0 Å². The molecule has 1 N–H and O–H groups in total. The summed E-state index contributed by atoms with van der Waals surface area (Å²) in [6, 6.07) is 14.9. The van der Waals surface area contributed by atoms with Crippen molar-refractivity contribution in [3.63, 3.8) is 0 Å². The van der Waals surface area contributed by atoms with Crippen LogP contribution in [0.2, 0.25) is 0 Å². The monoisotopic (exact) mass is 572 g/mol. The number of methoxy groups -OCH3 is 4. The molecule has 0 aliphatic heterocycles. The van der Waals surface area contributed by atoms with E-state index in [9.17, 15) is 9.59 Å². The van der Waals surface area contributed by atoms with E-state index in [4.69, 9.17) is 28.4 Å². The number of hydrogen-bond acceptors (Lipinski definition) is 9. The van der Waals surface area contributed by atoms with Crippen molar-refractivity contribution >= 4 is 34.0 Å². The minimum absolute atomic E-state index is 0.185. The summed E-state index contributed by atoms with van der Waals surface area (Å²) in [5, 5.41) is 3.92. The van der Waals surface area contributed by atoms with Crippen molar-refractivity contribution in [1.82, 2.24) is 5.43 Å². The molecule has 3 aromatic rings. The lowest BCUT2D eigenvalue weighted by Crippen LogP contribution is -2.24. The first-order valence-corrected chi connectivity index (χ1v) is 11.6. The van der Waals surface area contributed by atoms with E-state index < -0.39 is 11.9 Å². The summed E-state index contributed by atoms with van der Waals surface area (Å²) in [6.07, 6.45) is 1.42. The lowest BCUT2D eigenvalue weighted by molar-refractivity contribution is -0.123. The van der Waals surface area contributed by atoms with Crippen molar-refractivity contribution in [2.24, 2.45) is 5.10 Å². The van der Waals surface area contributed by atoms with E-state index >= 15 is 0 Å². The highest BCUT2D eigenvalue weighted by Gasteiger charge is 2.19. The maximum atomic E-state index is 12.8. The quantitative estimate of drug-likeness (QED) is 0.157. The summed E-state index contributed by atoms with van der Waals surface area (Å²) in [4.78, 5) is 24.8. The molecule has 0 atom stereocenters. The van der Waals surface area contributed by atoms with Gasteiger partial charge in [0, 0.05) is 4.47 Å². The van der Waals surface area contributed by atoms with E-state index in [1.54, 1.807) is 30.3 Å². The number of nitrogens with one attached hydrogen (secondary N) is 1. The van der Waals surface area contributed by atoms with E-state index in [0.29, 0.717) is 28.6 Å². The van der Waals surface area contributed by atoms with Crippen LogP contribution in [-0.2, 0) is 4.79 Å². The average molecular weight is 573 g/mol. The van der Waals surface area contributed by atoms with Gasteiger partial charge >= 0.3 is 5.97 Å². The molecule has 0 saturated heterocycles.